The Balaban J connectivity index is 1.71. The number of rotatable bonds is 7. The minimum Gasteiger partial charge on any atom is -0.466 e. The lowest BCUT2D eigenvalue weighted by molar-refractivity contribution is -0.142. The van der Waals surface area contributed by atoms with Crippen molar-refractivity contribution in [1.82, 2.24) is 4.98 Å². The Hall–Kier alpha value is -3.77. The summed E-state index contributed by atoms with van der Waals surface area (Å²) in [6.07, 6.45) is 4.89. The number of anilines is 1. The van der Waals surface area contributed by atoms with Crippen LogP contribution in [0.3, 0.4) is 0 Å². The molecule has 2 N–H and O–H groups in total. The van der Waals surface area contributed by atoms with Crippen LogP contribution in [0.5, 0.6) is 0 Å². The van der Waals surface area contributed by atoms with E-state index in [4.69, 9.17) is 10.5 Å². The first-order valence-electron chi connectivity index (χ1n) is 11.0. The van der Waals surface area contributed by atoms with E-state index in [0.29, 0.717) is 31.0 Å². The maximum Gasteiger partial charge on any atom is 0.310 e. The van der Waals surface area contributed by atoms with Crippen LogP contribution in [-0.2, 0) is 28.9 Å². The van der Waals surface area contributed by atoms with Crippen molar-refractivity contribution < 1.29 is 14.3 Å². The molecule has 2 aromatic carbocycles. The average molecular weight is 442 g/mol. The summed E-state index contributed by atoms with van der Waals surface area (Å²) in [6.45, 7) is 2.54. The second-order valence-corrected chi connectivity index (χ2v) is 7.90. The van der Waals surface area contributed by atoms with E-state index in [-0.39, 0.29) is 18.3 Å². The molecule has 1 heterocycles. The van der Waals surface area contributed by atoms with Gasteiger partial charge in [-0.05, 0) is 47.4 Å². The second-order valence-electron chi connectivity index (χ2n) is 7.90. The predicted octanol–water partition coefficient (Wildman–Crippen LogP) is 4.16. The number of allylic oxidation sites excluding steroid dienone is 1. The molecule has 0 fully saturated rings. The van der Waals surface area contributed by atoms with E-state index in [9.17, 15) is 9.59 Å². The third-order valence-electron chi connectivity index (χ3n) is 5.72. The normalized spacial score (nSPS) is 11.8. The van der Waals surface area contributed by atoms with Gasteiger partial charge in [-0.25, -0.2) is 4.98 Å². The first-order chi connectivity index (χ1) is 16.0. The third kappa shape index (κ3) is 4.71. The van der Waals surface area contributed by atoms with Gasteiger partial charge in [-0.15, -0.1) is 0 Å². The number of benzene rings is 2. The molecular formula is C27H27N3O3. The van der Waals surface area contributed by atoms with E-state index in [1.165, 1.54) is 0 Å². The third-order valence-corrected chi connectivity index (χ3v) is 5.72. The van der Waals surface area contributed by atoms with Crippen molar-refractivity contribution in [3.63, 3.8) is 0 Å². The van der Waals surface area contributed by atoms with Gasteiger partial charge >= 0.3 is 5.97 Å². The maximum absolute atomic E-state index is 13.5. The summed E-state index contributed by atoms with van der Waals surface area (Å²) in [5.41, 5.74) is 12.5. The van der Waals surface area contributed by atoms with Gasteiger partial charge in [0.25, 0.3) is 5.91 Å². The van der Waals surface area contributed by atoms with Crippen molar-refractivity contribution in [1.29, 1.82) is 0 Å². The lowest BCUT2D eigenvalue weighted by atomic mass is 9.97. The lowest BCUT2D eigenvalue weighted by Crippen LogP contribution is -2.29. The molecule has 4 rings (SSSR count). The Morgan fingerprint density at radius 1 is 1.12 bits per heavy atom. The fourth-order valence-corrected chi connectivity index (χ4v) is 4.09. The fourth-order valence-electron chi connectivity index (χ4n) is 4.09. The molecule has 168 valence electrons. The number of esters is 1. The predicted molar refractivity (Wildman–Crippen MR) is 130 cm³/mol. The Labute approximate surface area is 193 Å². The highest BCUT2D eigenvalue weighted by Crippen LogP contribution is 2.32. The zero-order valence-electron chi connectivity index (χ0n) is 18.9. The first-order valence-corrected chi connectivity index (χ1v) is 11.0. The quantitative estimate of drug-likeness (QED) is 0.557. The summed E-state index contributed by atoms with van der Waals surface area (Å²) in [6, 6.07) is 17.2. The molecule has 1 aliphatic rings. The number of nitrogens with two attached hydrogens (primary N) is 1. The molecule has 6 heteroatoms. The van der Waals surface area contributed by atoms with E-state index in [1.807, 2.05) is 54.6 Å². The minimum atomic E-state index is -0.324. The average Bonchev–Trinajstić information content (AvgIpc) is 3.32. The molecule has 0 bridgehead atoms. The van der Waals surface area contributed by atoms with E-state index in [2.05, 4.69) is 17.1 Å². The van der Waals surface area contributed by atoms with Crippen LogP contribution in [0.2, 0.25) is 0 Å². The molecule has 0 saturated carbocycles. The molecular weight excluding hydrogens is 414 g/mol. The van der Waals surface area contributed by atoms with E-state index in [1.54, 1.807) is 18.9 Å². The van der Waals surface area contributed by atoms with Gasteiger partial charge in [-0.3, -0.25) is 9.59 Å². The number of nitrogens with zero attached hydrogens (tertiary/aromatic N) is 2. The van der Waals surface area contributed by atoms with Crippen LogP contribution in [0.4, 0.5) is 5.69 Å². The Bertz CT molecular complexity index is 1230. The molecule has 0 radical (unpaired) electrons. The van der Waals surface area contributed by atoms with Gasteiger partial charge in [0.05, 0.1) is 18.7 Å². The van der Waals surface area contributed by atoms with E-state index < -0.39 is 0 Å². The fraction of sp³-hybridized carbons (Fsp3) is 0.222. The van der Waals surface area contributed by atoms with Gasteiger partial charge < -0.3 is 15.4 Å². The molecule has 1 aromatic heterocycles. The highest BCUT2D eigenvalue weighted by Gasteiger charge is 2.23. The molecule has 1 aliphatic carbocycles. The van der Waals surface area contributed by atoms with Crippen molar-refractivity contribution in [2.75, 3.05) is 18.6 Å². The standard InChI is InChI=1S/C27H27N3O3/c1-3-33-26(31)15-20-9-4-5-13-25(20)30(2)27(32)24-16-22(21-11-7-12-23(21)29-24)19-10-6-8-18(14-19)17-28/h4-11,13-14,16H,3,12,15,17,28H2,1-2H3. The molecule has 1 amide bonds. The summed E-state index contributed by atoms with van der Waals surface area (Å²) in [7, 11) is 1.70. The molecule has 6 nitrogen and oxygen atoms in total. The highest BCUT2D eigenvalue weighted by atomic mass is 16.5. The lowest BCUT2D eigenvalue weighted by Gasteiger charge is -2.21. The second kappa shape index (κ2) is 9.79. The number of ether oxygens (including phenoxy) is 1. The Morgan fingerprint density at radius 2 is 1.94 bits per heavy atom. The maximum atomic E-state index is 13.5. The molecule has 0 unspecified atom stereocenters. The summed E-state index contributed by atoms with van der Waals surface area (Å²) in [5, 5.41) is 0. The molecule has 0 spiro atoms. The van der Waals surface area contributed by atoms with Crippen molar-refractivity contribution in [2.24, 2.45) is 5.73 Å². The number of hydrogen-bond donors (Lipinski definition) is 1. The highest BCUT2D eigenvalue weighted by molar-refractivity contribution is 6.06. The number of carbonyl (C=O) groups is 2. The molecule has 3 aromatic rings. The van der Waals surface area contributed by atoms with Crippen LogP contribution in [0, 0.1) is 0 Å². The molecule has 33 heavy (non-hydrogen) atoms. The van der Waals surface area contributed by atoms with Gasteiger partial charge in [0.1, 0.15) is 5.69 Å². The van der Waals surface area contributed by atoms with Crippen molar-refractivity contribution in [2.45, 2.75) is 26.3 Å². The number of hydrogen-bond acceptors (Lipinski definition) is 5. The van der Waals surface area contributed by atoms with Crippen molar-refractivity contribution in [3.8, 4) is 11.1 Å². The summed E-state index contributed by atoms with van der Waals surface area (Å²) in [5.74, 6) is -0.563. The molecule has 0 aliphatic heterocycles. The zero-order chi connectivity index (χ0) is 23.4. The van der Waals surface area contributed by atoms with Gasteiger partial charge in [0, 0.05) is 31.3 Å². The van der Waals surface area contributed by atoms with Crippen molar-refractivity contribution >= 4 is 23.6 Å². The Kier molecular flexibility index (Phi) is 6.66. The van der Waals surface area contributed by atoms with Gasteiger partial charge in [0.15, 0.2) is 0 Å². The van der Waals surface area contributed by atoms with Gasteiger partial charge in [-0.1, -0.05) is 48.6 Å². The number of aromatic nitrogens is 1. The van der Waals surface area contributed by atoms with Crippen LogP contribution in [0.15, 0.2) is 60.7 Å². The summed E-state index contributed by atoms with van der Waals surface area (Å²) < 4.78 is 5.09. The largest absolute Gasteiger partial charge is 0.466 e. The van der Waals surface area contributed by atoms with E-state index >= 15 is 0 Å². The van der Waals surface area contributed by atoms with Crippen LogP contribution < -0.4 is 10.6 Å². The van der Waals surface area contributed by atoms with Crippen LogP contribution >= 0.6 is 0 Å². The number of carbonyl (C=O) groups excluding carboxylic acids is 2. The van der Waals surface area contributed by atoms with E-state index in [0.717, 1.165) is 33.5 Å². The van der Waals surface area contributed by atoms with Gasteiger partial charge in [0.2, 0.25) is 0 Å². The van der Waals surface area contributed by atoms with Crippen LogP contribution in [0.1, 0.15) is 39.8 Å². The summed E-state index contributed by atoms with van der Waals surface area (Å²) in [4.78, 5) is 31.8. The smallest absolute Gasteiger partial charge is 0.310 e. The number of pyridine rings is 1. The van der Waals surface area contributed by atoms with Crippen molar-refractivity contribution in [3.05, 3.63) is 88.8 Å². The number of amides is 1. The number of fused-ring (bicyclic) bond motifs is 1. The SMILES string of the molecule is CCOC(=O)Cc1ccccc1N(C)C(=O)c1cc(-c2cccc(CN)c2)c2c(n1)CC=C2. The van der Waals surface area contributed by atoms with Crippen LogP contribution in [0.25, 0.3) is 17.2 Å². The zero-order valence-corrected chi connectivity index (χ0v) is 18.9. The molecule has 0 atom stereocenters. The first kappa shape index (κ1) is 22.4. The minimum absolute atomic E-state index is 0.0975. The summed E-state index contributed by atoms with van der Waals surface area (Å²) >= 11 is 0. The monoisotopic (exact) mass is 441 g/mol. The van der Waals surface area contributed by atoms with Crippen LogP contribution in [-0.4, -0.2) is 30.5 Å². The van der Waals surface area contributed by atoms with Gasteiger partial charge in [-0.2, -0.15) is 0 Å². The topological polar surface area (TPSA) is 85.5 Å². The number of para-hydroxylation sites is 1. The Morgan fingerprint density at radius 3 is 2.73 bits per heavy atom. The molecule has 0 saturated heterocycles.